The molecule has 7 nitrogen and oxygen atoms in total. The van der Waals surface area contributed by atoms with E-state index in [9.17, 15) is 19.1 Å². The van der Waals surface area contributed by atoms with E-state index in [1.165, 1.54) is 29.0 Å². The molecular formula is C25H30ClFN4O3. The van der Waals surface area contributed by atoms with Gasteiger partial charge < -0.3 is 19.8 Å². The lowest BCUT2D eigenvalue weighted by Gasteiger charge is -2.32. The number of likely N-dealkylation sites (N-methyl/N-ethyl adjacent to an activating group) is 1. The normalized spacial score (nSPS) is 11.4. The maximum absolute atomic E-state index is 13.6. The average Bonchev–Trinajstić information content (AvgIpc) is 2.84. The Kier molecular flexibility index (Phi) is 10.7. The highest BCUT2D eigenvalue weighted by Crippen LogP contribution is 2.23. The zero-order valence-corrected chi connectivity index (χ0v) is 20.2. The number of carbonyl (C=O) groups excluding carboxylic acids is 2. The molecule has 0 unspecified atom stereocenters. The Balaban J connectivity index is 2.54. The van der Waals surface area contributed by atoms with Crippen molar-refractivity contribution in [3.05, 3.63) is 82.0 Å². The Morgan fingerprint density at radius 3 is 2.41 bits per heavy atom. The van der Waals surface area contributed by atoms with Crippen LogP contribution in [-0.2, 0) is 22.6 Å². The molecule has 0 aliphatic rings. The summed E-state index contributed by atoms with van der Waals surface area (Å²) in [5.41, 5.74) is 1.83. The summed E-state index contributed by atoms with van der Waals surface area (Å²) in [4.78, 5) is 33.6. The van der Waals surface area contributed by atoms with Gasteiger partial charge in [-0.15, -0.1) is 0 Å². The van der Waals surface area contributed by atoms with Crippen LogP contribution in [0.3, 0.4) is 0 Å². The third kappa shape index (κ3) is 7.40. The van der Waals surface area contributed by atoms with Gasteiger partial charge in [0.15, 0.2) is 5.82 Å². The van der Waals surface area contributed by atoms with Crippen LogP contribution in [0.5, 0.6) is 0 Å². The van der Waals surface area contributed by atoms with Crippen LogP contribution in [0.15, 0.2) is 65.0 Å². The minimum Gasteiger partial charge on any atom is -0.396 e. The molecule has 0 atom stereocenters. The second kappa shape index (κ2) is 13.5. The van der Waals surface area contributed by atoms with E-state index in [-0.39, 0.29) is 36.4 Å². The van der Waals surface area contributed by atoms with E-state index in [1.54, 1.807) is 30.1 Å². The van der Waals surface area contributed by atoms with Gasteiger partial charge in [-0.3, -0.25) is 9.59 Å². The zero-order chi connectivity index (χ0) is 25.1. The highest BCUT2D eigenvalue weighted by atomic mass is 35.5. The second-order valence-electron chi connectivity index (χ2n) is 7.74. The number of aliphatic hydroxyl groups is 1. The van der Waals surface area contributed by atoms with Gasteiger partial charge in [-0.25, -0.2) is 9.38 Å². The molecule has 2 amide bonds. The van der Waals surface area contributed by atoms with Gasteiger partial charge in [0, 0.05) is 45.4 Å². The number of hydrogen-bond acceptors (Lipinski definition) is 5. The Morgan fingerprint density at radius 1 is 1.15 bits per heavy atom. The van der Waals surface area contributed by atoms with Crippen molar-refractivity contribution in [2.24, 2.45) is 4.99 Å². The standard InChI is InChI=1S/C25H30ClFN4O3/c1-28-24(30(3)18-33)23(25(34)29(2)14-6-16-32)31(17-19-9-11-21(27)12-10-19)15-13-20-7-4-5-8-22(20)26/h4-5,7-12,18,32H,1,6,13-17H2,2-3H3/b24-23+. The fourth-order valence-electron chi connectivity index (χ4n) is 3.40. The molecule has 0 spiro atoms. The molecule has 0 aliphatic heterocycles. The molecule has 0 aliphatic carbocycles. The van der Waals surface area contributed by atoms with Gasteiger partial charge in [0.1, 0.15) is 11.5 Å². The molecule has 2 aromatic rings. The molecule has 0 bridgehead atoms. The van der Waals surface area contributed by atoms with E-state index in [2.05, 4.69) is 11.7 Å². The molecule has 1 N–H and O–H groups in total. The van der Waals surface area contributed by atoms with E-state index >= 15 is 0 Å². The number of nitrogens with zero attached hydrogens (tertiary/aromatic N) is 4. The van der Waals surface area contributed by atoms with Gasteiger partial charge in [0.25, 0.3) is 5.91 Å². The molecule has 2 aromatic carbocycles. The number of hydrogen-bond donors (Lipinski definition) is 1. The average molecular weight is 489 g/mol. The lowest BCUT2D eigenvalue weighted by molar-refractivity contribution is -0.128. The summed E-state index contributed by atoms with van der Waals surface area (Å²) in [6.45, 7) is 4.43. The van der Waals surface area contributed by atoms with Crippen molar-refractivity contribution in [3.63, 3.8) is 0 Å². The fraction of sp³-hybridized carbons (Fsp3) is 0.320. The zero-order valence-electron chi connectivity index (χ0n) is 19.5. The summed E-state index contributed by atoms with van der Waals surface area (Å²) in [7, 11) is 3.10. The van der Waals surface area contributed by atoms with Crippen LogP contribution < -0.4 is 0 Å². The van der Waals surface area contributed by atoms with Crippen LogP contribution in [0.2, 0.25) is 5.02 Å². The van der Waals surface area contributed by atoms with Gasteiger partial charge in [-0.1, -0.05) is 41.9 Å². The second-order valence-corrected chi connectivity index (χ2v) is 8.15. The molecule has 0 saturated carbocycles. The Bertz CT molecular complexity index is 1010. The van der Waals surface area contributed by atoms with Crippen molar-refractivity contribution in [2.75, 3.05) is 33.8 Å². The summed E-state index contributed by atoms with van der Waals surface area (Å²) in [6, 6.07) is 13.4. The highest BCUT2D eigenvalue weighted by molar-refractivity contribution is 6.31. The van der Waals surface area contributed by atoms with Crippen molar-refractivity contribution in [1.29, 1.82) is 0 Å². The third-order valence-corrected chi connectivity index (χ3v) is 5.64. The quantitative estimate of drug-likeness (QED) is 0.266. The summed E-state index contributed by atoms with van der Waals surface area (Å²) in [5.74, 6) is -0.654. The number of aliphatic imine (C=N–C) groups is 1. The van der Waals surface area contributed by atoms with Crippen LogP contribution >= 0.6 is 11.6 Å². The van der Waals surface area contributed by atoms with Gasteiger partial charge in [-0.2, -0.15) is 0 Å². The Hall–Kier alpha value is -3.23. The summed E-state index contributed by atoms with van der Waals surface area (Å²) >= 11 is 6.34. The van der Waals surface area contributed by atoms with Crippen molar-refractivity contribution < 1.29 is 19.1 Å². The van der Waals surface area contributed by atoms with Gasteiger partial charge >= 0.3 is 0 Å². The Labute approximate surface area is 204 Å². The largest absolute Gasteiger partial charge is 0.396 e. The first-order valence-electron chi connectivity index (χ1n) is 10.8. The molecular weight excluding hydrogens is 459 g/mol. The third-order valence-electron chi connectivity index (χ3n) is 5.27. The minimum absolute atomic E-state index is 0.0662. The monoisotopic (exact) mass is 488 g/mol. The minimum atomic E-state index is -0.383. The number of halogens is 2. The van der Waals surface area contributed by atoms with E-state index < -0.39 is 0 Å². The highest BCUT2D eigenvalue weighted by Gasteiger charge is 2.27. The van der Waals surface area contributed by atoms with E-state index in [4.69, 9.17) is 11.6 Å². The van der Waals surface area contributed by atoms with Crippen molar-refractivity contribution >= 4 is 30.6 Å². The number of aliphatic hydroxyl groups excluding tert-OH is 1. The molecule has 0 aromatic heterocycles. The summed E-state index contributed by atoms with van der Waals surface area (Å²) in [6.07, 6.45) is 1.45. The maximum atomic E-state index is 13.6. The topological polar surface area (TPSA) is 76.5 Å². The van der Waals surface area contributed by atoms with Crippen LogP contribution in [0.1, 0.15) is 17.5 Å². The molecule has 182 valence electrons. The SMILES string of the molecule is C=N/C(=C(/C(=O)N(C)CCCO)N(CCc1ccccc1Cl)Cc1ccc(F)cc1)N(C)C=O. The van der Waals surface area contributed by atoms with Crippen LogP contribution in [0, 0.1) is 5.82 Å². The van der Waals surface area contributed by atoms with E-state index in [1.807, 2.05) is 18.2 Å². The number of rotatable bonds is 13. The van der Waals surface area contributed by atoms with Gasteiger partial charge in [0.2, 0.25) is 6.41 Å². The van der Waals surface area contributed by atoms with Crippen LogP contribution in [-0.4, -0.2) is 72.6 Å². The number of carbonyl (C=O) groups is 2. The predicted molar refractivity (Wildman–Crippen MR) is 132 cm³/mol. The smallest absolute Gasteiger partial charge is 0.273 e. The molecule has 0 heterocycles. The lowest BCUT2D eigenvalue weighted by Crippen LogP contribution is -2.40. The van der Waals surface area contributed by atoms with Crippen molar-refractivity contribution in [1.82, 2.24) is 14.7 Å². The fourth-order valence-corrected chi connectivity index (χ4v) is 3.63. The summed E-state index contributed by atoms with van der Waals surface area (Å²) in [5, 5.41) is 9.80. The van der Waals surface area contributed by atoms with Crippen LogP contribution in [0.4, 0.5) is 4.39 Å². The first-order valence-corrected chi connectivity index (χ1v) is 11.2. The first-order chi connectivity index (χ1) is 16.3. The van der Waals surface area contributed by atoms with Crippen molar-refractivity contribution in [3.8, 4) is 0 Å². The molecule has 0 fully saturated rings. The Morgan fingerprint density at radius 2 is 1.82 bits per heavy atom. The van der Waals surface area contributed by atoms with Crippen molar-refractivity contribution in [2.45, 2.75) is 19.4 Å². The van der Waals surface area contributed by atoms with Gasteiger partial charge in [-0.05, 0) is 48.9 Å². The summed E-state index contributed by atoms with van der Waals surface area (Å²) < 4.78 is 13.5. The lowest BCUT2D eigenvalue weighted by atomic mass is 10.1. The number of amides is 2. The molecule has 0 saturated heterocycles. The molecule has 34 heavy (non-hydrogen) atoms. The molecule has 9 heteroatoms. The molecule has 0 radical (unpaired) electrons. The van der Waals surface area contributed by atoms with Crippen LogP contribution in [0.25, 0.3) is 0 Å². The maximum Gasteiger partial charge on any atom is 0.273 e. The van der Waals surface area contributed by atoms with Gasteiger partial charge in [0.05, 0.1) is 0 Å². The van der Waals surface area contributed by atoms with E-state index in [0.717, 1.165) is 11.1 Å². The first kappa shape index (κ1) is 27.0. The number of benzene rings is 2. The van der Waals surface area contributed by atoms with E-state index in [0.29, 0.717) is 37.4 Å². The predicted octanol–water partition coefficient (Wildman–Crippen LogP) is 3.32. The molecule has 2 rings (SSSR count).